The molecule has 3 N–H and O–H groups in total. The zero-order valence-corrected chi connectivity index (χ0v) is 7.30. The number of nitrogens with two attached hydrogens (primary N) is 1. The van der Waals surface area contributed by atoms with Crippen LogP contribution in [0.1, 0.15) is 23.6 Å². The number of anilines is 1. The van der Waals surface area contributed by atoms with E-state index in [1.165, 1.54) is 16.8 Å². The van der Waals surface area contributed by atoms with E-state index in [1.54, 1.807) is 0 Å². The van der Waals surface area contributed by atoms with Gasteiger partial charge < -0.3 is 11.1 Å². The van der Waals surface area contributed by atoms with Crippen molar-refractivity contribution in [3.05, 3.63) is 29.3 Å². The maximum atomic E-state index is 5.98. The first-order chi connectivity index (χ1) is 5.79. The van der Waals surface area contributed by atoms with Crippen molar-refractivity contribution < 1.29 is 0 Å². The highest BCUT2D eigenvalue weighted by atomic mass is 14.9. The molecule has 2 heteroatoms. The lowest BCUT2D eigenvalue weighted by atomic mass is 9.96. The summed E-state index contributed by atoms with van der Waals surface area (Å²) in [7, 11) is 0. The summed E-state index contributed by atoms with van der Waals surface area (Å²) in [6.45, 7) is 3.11. The molecule has 2 nitrogen and oxygen atoms in total. The lowest BCUT2D eigenvalue weighted by Crippen LogP contribution is -2.22. The maximum absolute atomic E-state index is 5.98. The van der Waals surface area contributed by atoms with Gasteiger partial charge in [0.05, 0.1) is 0 Å². The van der Waals surface area contributed by atoms with Crippen molar-refractivity contribution >= 4 is 5.69 Å². The van der Waals surface area contributed by atoms with Crippen LogP contribution in [-0.2, 0) is 0 Å². The van der Waals surface area contributed by atoms with Crippen LogP contribution >= 0.6 is 0 Å². The first kappa shape index (κ1) is 7.62. The van der Waals surface area contributed by atoms with Crippen molar-refractivity contribution in [1.82, 2.24) is 0 Å². The summed E-state index contributed by atoms with van der Waals surface area (Å²) in [6, 6.07) is 6.52. The third-order valence-electron chi connectivity index (χ3n) is 2.46. The minimum absolute atomic E-state index is 0.223. The second-order valence-electron chi connectivity index (χ2n) is 3.36. The molecule has 1 heterocycles. The topological polar surface area (TPSA) is 38.0 Å². The van der Waals surface area contributed by atoms with Gasteiger partial charge in [0.2, 0.25) is 0 Å². The fourth-order valence-corrected chi connectivity index (χ4v) is 1.75. The quantitative estimate of drug-likeness (QED) is 0.610. The van der Waals surface area contributed by atoms with Gasteiger partial charge in [-0.1, -0.05) is 18.2 Å². The summed E-state index contributed by atoms with van der Waals surface area (Å²) < 4.78 is 0. The molecular weight excluding hydrogens is 148 g/mol. The molecule has 0 saturated heterocycles. The molecule has 1 aromatic rings. The molecule has 1 atom stereocenters. The molecule has 0 spiro atoms. The van der Waals surface area contributed by atoms with Gasteiger partial charge in [0.25, 0.3) is 0 Å². The van der Waals surface area contributed by atoms with Crippen molar-refractivity contribution in [3.8, 4) is 0 Å². The van der Waals surface area contributed by atoms with Gasteiger partial charge in [0.1, 0.15) is 0 Å². The minimum Gasteiger partial charge on any atom is -0.384 e. The van der Waals surface area contributed by atoms with E-state index < -0.39 is 0 Å². The Bertz CT molecular complexity index is 294. The molecule has 0 aliphatic carbocycles. The van der Waals surface area contributed by atoms with Gasteiger partial charge in [-0.25, -0.2) is 0 Å². The zero-order valence-electron chi connectivity index (χ0n) is 7.30. The Balaban J connectivity index is 2.52. The summed E-state index contributed by atoms with van der Waals surface area (Å²) >= 11 is 0. The molecule has 2 rings (SSSR count). The molecule has 0 aromatic heterocycles. The molecule has 0 saturated carbocycles. The number of rotatable bonds is 0. The van der Waals surface area contributed by atoms with Crippen molar-refractivity contribution in [3.63, 3.8) is 0 Å². The highest BCUT2D eigenvalue weighted by Crippen LogP contribution is 2.30. The van der Waals surface area contributed by atoms with Crippen LogP contribution in [0, 0.1) is 6.92 Å². The molecule has 64 valence electrons. The van der Waals surface area contributed by atoms with Crippen LogP contribution in [0.5, 0.6) is 0 Å². The van der Waals surface area contributed by atoms with Gasteiger partial charge in [-0.05, 0) is 24.5 Å². The summed E-state index contributed by atoms with van der Waals surface area (Å²) in [4.78, 5) is 0. The Morgan fingerprint density at radius 2 is 2.33 bits per heavy atom. The summed E-state index contributed by atoms with van der Waals surface area (Å²) in [6.07, 6.45) is 1.04. The standard InChI is InChI=1S/C10H14N2/c1-7-3-2-4-8-9(11)5-6-12-10(7)8/h2-4,9,12H,5-6,11H2,1H3/t9-/m0/s1. The number of nitrogens with one attached hydrogen (secondary N) is 1. The summed E-state index contributed by atoms with van der Waals surface area (Å²) in [5.41, 5.74) is 9.78. The zero-order chi connectivity index (χ0) is 8.55. The van der Waals surface area contributed by atoms with Crippen LogP contribution in [0.25, 0.3) is 0 Å². The lowest BCUT2D eigenvalue weighted by Gasteiger charge is -2.25. The van der Waals surface area contributed by atoms with Gasteiger partial charge in [-0.15, -0.1) is 0 Å². The average molecular weight is 162 g/mol. The molecule has 0 unspecified atom stereocenters. The van der Waals surface area contributed by atoms with E-state index in [4.69, 9.17) is 5.73 Å². The van der Waals surface area contributed by atoms with Crippen LogP contribution in [0.4, 0.5) is 5.69 Å². The molecule has 12 heavy (non-hydrogen) atoms. The van der Waals surface area contributed by atoms with Crippen molar-refractivity contribution in [2.45, 2.75) is 19.4 Å². The molecule has 1 aliphatic rings. The molecule has 1 aliphatic heterocycles. The fourth-order valence-electron chi connectivity index (χ4n) is 1.75. The average Bonchev–Trinajstić information content (AvgIpc) is 2.07. The van der Waals surface area contributed by atoms with Crippen LogP contribution < -0.4 is 11.1 Å². The van der Waals surface area contributed by atoms with Gasteiger partial charge >= 0.3 is 0 Å². The Kier molecular flexibility index (Phi) is 1.77. The number of para-hydroxylation sites is 1. The number of aryl methyl sites for hydroxylation is 1. The van der Waals surface area contributed by atoms with E-state index in [0.717, 1.165) is 13.0 Å². The molecule has 0 bridgehead atoms. The summed E-state index contributed by atoms with van der Waals surface area (Å²) in [5, 5.41) is 3.38. The number of benzene rings is 1. The highest BCUT2D eigenvalue weighted by Gasteiger charge is 2.16. The molecular formula is C10H14N2. The van der Waals surface area contributed by atoms with E-state index in [-0.39, 0.29) is 6.04 Å². The van der Waals surface area contributed by atoms with Crippen molar-refractivity contribution in [1.29, 1.82) is 0 Å². The van der Waals surface area contributed by atoms with E-state index in [9.17, 15) is 0 Å². The first-order valence-corrected chi connectivity index (χ1v) is 4.38. The van der Waals surface area contributed by atoms with Gasteiger partial charge in [0.15, 0.2) is 0 Å². The van der Waals surface area contributed by atoms with Gasteiger partial charge in [0, 0.05) is 18.3 Å². The third kappa shape index (κ3) is 1.08. The van der Waals surface area contributed by atoms with Crippen LogP contribution in [0.3, 0.4) is 0 Å². The smallest absolute Gasteiger partial charge is 0.0418 e. The van der Waals surface area contributed by atoms with E-state index >= 15 is 0 Å². The molecule has 0 fully saturated rings. The lowest BCUT2D eigenvalue weighted by molar-refractivity contribution is 0.654. The molecule has 0 amide bonds. The molecule has 1 aromatic carbocycles. The number of hydrogen-bond donors (Lipinski definition) is 2. The normalized spacial score (nSPS) is 21.3. The van der Waals surface area contributed by atoms with E-state index in [1.807, 2.05) is 0 Å². The van der Waals surface area contributed by atoms with Crippen molar-refractivity contribution in [2.75, 3.05) is 11.9 Å². The van der Waals surface area contributed by atoms with E-state index in [2.05, 4.69) is 30.4 Å². The third-order valence-corrected chi connectivity index (χ3v) is 2.46. The van der Waals surface area contributed by atoms with Crippen LogP contribution in [-0.4, -0.2) is 6.54 Å². The maximum Gasteiger partial charge on any atom is 0.0418 e. The van der Waals surface area contributed by atoms with Gasteiger partial charge in [-0.3, -0.25) is 0 Å². The fraction of sp³-hybridized carbons (Fsp3) is 0.400. The number of hydrogen-bond acceptors (Lipinski definition) is 2. The monoisotopic (exact) mass is 162 g/mol. The first-order valence-electron chi connectivity index (χ1n) is 4.38. The minimum atomic E-state index is 0.223. The van der Waals surface area contributed by atoms with Crippen LogP contribution in [0.15, 0.2) is 18.2 Å². The Labute approximate surface area is 72.8 Å². The highest BCUT2D eigenvalue weighted by molar-refractivity contribution is 5.59. The second-order valence-corrected chi connectivity index (χ2v) is 3.36. The predicted octanol–water partition coefficient (Wildman–Crippen LogP) is 1.81. The second kappa shape index (κ2) is 2.79. The van der Waals surface area contributed by atoms with Crippen LogP contribution in [0.2, 0.25) is 0 Å². The van der Waals surface area contributed by atoms with Crippen molar-refractivity contribution in [2.24, 2.45) is 5.73 Å². The summed E-state index contributed by atoms with van der Waals surface area (Å²) in [5.74, 6) is 0. The Morgan fingerprint density at radius 1 is 1.50 bits per heavy atom. The molecule has 0 radical (unpaired) electrons. The van der Waals surface area contributed by atoms with Gasteiger partial charge in [-0.2, -0.15) is 0 Å². The Hall–Kier alpha value is -1.02. The SMILES string of the molecule is Cc1cccc2c1NCC[C@@H]2N. The number of fused-ring (bicyclic) bond motifs is 1. The Morgan fingerprint density at radius 3 is 3.08 bits per heavy atom. The van der Waals surface area contributed by atoms with E-state index in [0.29, 0.717) is 0 Å². The predicted molar refractivity (Wildman–Crippen MR) is 51.2 cm³/mol. The largest absolute Gasteiger partial charge is 0.384 e.